The number of piperazine rings is 1. The summed E-state index contributed by atoms with van der Waals surface area (Å²) in [6, 6.07) is 0. The van der Waals surface area contributed by atoms with Crippen molar-refractivity contribution in [3.05, 3.63) is 17.0 Å². The van der Waals surface area contributed by atoms with Gasteiger partial charge in [-0.3, -0.25) is 4.79 Å². The lowest BCUT2D eigenvalue weighted by Crippen LogP contribution is -2.51. The summed E-state index contributed by atoms with van der Waals surface area (Å²) < 4.78 is 30.4. The number of hydrogen-bond acceptors (Lipinski definition) is 5. The second kappa shape index (κ2) is 6.00. The normalized spacial score (nSPS) is 20.0. The Morgan fingerprint density at radius 2 is 1.86 bits per heavy atom. The van der Waals surface area contributed by atoms with Crippen LogP contribution in [0.4, 0.5) is 0 Å². The van der Waals surface area contributed by atoms with Crippen LogP contribution in [0, 0.1) is 0 Å². The largest absolute Gasteiger partial charge is 0.360 e. The highest BCUT2D eigenvalue weighted by molar-refractivity contribution is 7.89. The number of sulfonamides is 1. The third-order valence-electron chi connectivity index (χ3n) is 4.44. The molecule has 0 unspecified atom stereocenters. The minimum absolute atomic E-state index is 0.0950. The number of fused-ring (bicyclic) bond motifs is 1. The SMILES string of the molecule is CCS(=O)(=O)N1CCN(C(=O)c2noc3c2CCCC3)CC1. The van der Waals surface area contributed by atoms with E-state index in [9.17, 15) is 13.2 Å². The van der Waals surface area contributed by atoms with Crippen LogP contribution in [0.25, 0.3) is 0 Å². The standard InChI is InChI=1S/C14H21N3O4S/c1-2-22(19,20)17-9-7-16(8-10-17)14(18)13-11-5-3-4-6-12(11)21-15-13/h2-10H2,1H3. The van der Waals surface area contributed by atoms with E-state index in [-0.39, 0.29) is 11.7 Å². The van der Waals surface area contributed by atoms with Crippen LogP contribution in [0.3, 0.4) is 0 Å². The van der Waals surface area contributed by atoms with Gasteiger partial charge in [0.25, 0.3) is 5.91 Å². The third kappa shape index (κ3) is 2.77. The number of carbonyl (C=O) groups is 1. The molecule has 1 amide bonds. The van der Waals surface area contributed by atoms with Crippen LogP contribution < -0.4 is 0 Å². The maximum atomic E-state index is 12.6. The van der Waals surface area contributed by atoms with Crippen molar-refractivity contribution in [2.45, 2.75) is 32.6 Å². The van der Waals surface area contributed by atoms with Crippen LogP contribution >= 0.6 is 0 Å². The van der Waals surface area contributed by atoms with Crippen LogP contribution in [0.15, 0.2) is 4.52 Å². The summed E-state index contributed by atoms with van der Waals surface area (Å²) in [6.45, 7) is 3.14. The van der Waals surface area contributed by atoms with E-state index in [1.54, 1.807) is 11.8 Å². The van der Waals surface area contributed by atoms with Crippen molar-refractivity contribution in [3.8, 4) is 0 Å². The summed E-state index contributed by atoms with van der Waals surface area (Å²) >= 11 is 0. The number of nitrogens with zero attached hydrogens (tertiary/aromatic N) is 3. The molecule has 3 rings (SSSR count). The van der Waals surface area contributed by atoms with Crippen molar-refractivity contribution >= 4 is 15.9 Å². The van der Waals surface area contributed by atoms with E-state index >= 15 is 0 Å². The summed E-state index contributed by atoms with van der Waals surface area (Å²) in [5, 5.41) is 3.96. The molecule has 1 aromatic rings. The van der Waals surface area contributed by atoms with Crippen LogP contribution in [0.1, 0.15) is 41.6 Å². The molecule has 0 N–H and O–H groups in total. The number of carbonyl (C=O) groups excluding carboxylic acids is 1. The van der Waals surface area contributed by atoms with E-state index in [1.165, 1.54) is 4.31 Å². The fraction of sp³-hybridized carbons (Fsp3) is 0.714. The molecule has 7 nitrogen and oxygen atoms in total. The first-order chi connectivity index (χ1) is 10.5. The molecular weight excluding hydrogens is 306 g/mol. The molecule has 8 heteroatoms. The topological polar surface area (TPSA) is 83.7 Å². The van der Waals surface area contributed by atoms with Crippen molar-refractivity contribution in [1.29, 1.82) is 0 Å². The van der Waals surface area contributed by atoms with E-state index < -0.39 is 10.0 Å². The Morgan fingerprint density at radius 1 is 1.18 bits per heavy atom. The molecule has 1 aromatic heterocycles. The minimum atomic E-state index is -3.18. The highest BCUT2D eigenvalue weighted by atomic mass is 32.2. The zero-order valence-corrected chi connectivity index (χ0v) is 13.6. The molecule has 122 valence electrons. The molecule has 1 aliphatic heterocycles. The molecule has 0 bridgehead atoms. The molecule has 2 aliphatic rings. The molecular formula is C14H21N3O4S. The first-order valence-corrected chi connectivity index (χ1v) is 9.38. The number of aryl methyl sites for hydroxylation is 1. The summed E-state index contributed by atoms with van der Waals surface area (Å²) in [5.74, 6) is 0.792. The van der Waals surface area contributed by atoms with Crippen molar-refractivity contribution in [1.82, 2.24) is 14.4 Å². The van der Waals surface area contributed by atoms with Gasteiger partial charge in [-0.15, -0.1) is 0 Å². The molecule has 1 saturated heterocycles. The Labute approximate surface area is 130 Å². The summed E-state index contributed by atoms with van der Waals surface area (Å²) in [6.07, 6.45) is 3.81. The predicted molar refractivity (Wildman–Crippen MR) is 80.1 cm³/mol. The smallest absolute Gasteiger partial charge is 0.276 e. The minimum Gasteiger partial charge on any atom is -0.360 e. The monoisotopic (exact) mass is 327 g/mol. The fourth-order valence-corrected chi connectivity index (χ4v) is 4.14. The fourth-order valence-electron chi connectivity index (χ4n) is 3.05. The van der Waals surface area contributed by atoms with E-state index in [4.69, 9.17) is 4.52 Å². The van der Waals surface area contributed by atoms with E-state index in [1.807, 2.05) is 0 Å². The van der Waals surface area contributed by atoms with Crippen LogP contribution in [0.2, 0.25) is 0 Å². The van der Waals surface area contributed by atoms with Crippen molar-refractivity contribution in [3.63, 3.8) is 0 Å². The summed E-state index contributed by atoms with van der Waals surface area (Å²) in [5.41, 5.74) is 1.36. The van der Waals surface area contributed by atoms with E-state index in [0.717, 1.165) is 37.0 Å². The lowest BCUT2D eigenvalue weighted by molar-refractivity contribution is 0.0686. The maximum Gasteiger partial charge on any atom is 0.276 e. The summed E-state index contributed by atoms with van der Waals surface area (Å²) in [7, 11) is -3.18. The number of amides is 1. The van der Waals surface area contributed by atoms with Crippen molar-refractivity contribution in [2.75, 3.05) is 31.9 Å². The Morgan fingerprint density at radius 3 is 2.55 bits per heavy atom. The predicted octanol–water partition coefficient (Wildman–Crippen LogP) is 0.661. The van der Waals surface area contributed by atoms with Gasteiger partial charge in [0.1, 0.15) is 5.76 Å². The van der Waals surface area contributed by atoms with Gasteiger partial charge < -0.3 is 9.42 Å². The lowest BCUT2D eigenvalue weighted by Gasteiger charge is -2.33. The first kappa shape index (κ1) is 15.5. The highest BCUT2D eigenvalue weighted by Gasteiger charge is 2.31. The molecule has 0 aromatic carbocycles. The van der Waals surface area contributed by atoms with Gasteiger partial charge in [-0.25, -0.2) is 8.42 Å². The Balaban J connectivity index is 1.69. The van der Waals surface area contributed by atoms with Gasteiger partial charge >= 0.3 is 0 Å². The van der Waals surface area contributed by atoms with Gasteiger partial charge in [-0.05, 0) is 26.2 Å². The molecule has 2 heterocycles. The molecule has 0 saturated carbocycles. The zero-order valence-electron chi connectivity index (χ0n) is 12.7. The second-order valence-corrected chi connectivity index (χ2v) is 7.99. The van der Waals surface area contributed by atoms with Gasteiger partial charge in [0.2, 0.25) is 10.0 Å². The Bertz CT molecular complexity index is 660. The Hall–Kier alpha value is -1.41. The highest BCUT2D eigenvalue weighted by Crippen LogP contribution is 2.25. The third-order valence-corrected chi connectivity index (χ3v) is 6.32. The van der Waals surface area contributed by atoms with E-state index in [0.29, 0.717) is 31.9 Å². The van der Waals surface area contributed by atoms with Crippen molar-refractivity contribution in [2.24, 2.45) is 0 Å². The average molecular weight is 327 g/mol. The molecule has 1 fully saturated rings. The Kier molecular flexibility index (Phi) is 4.22. The second-order valence-electron chi connectivity index (χ2n) is 5.73. The molecule has 0 radical (unpaired) electrons. The van der Waals surface area contributed by atoms with Crippen molar-refractivity contribution < 1.29 is 17.7 Å². The zero-order chi connectivity index (χ0) is 15.7. The van der Waals surface area contributed by atoms with Gasteiger partial charge in [0.05, 0.1) is 5.75 Å². The average Bonchev–Trinajstić information content (AvgIpc) is 2.98. The number of hydrogen-bond donors (Lipinski definition) is 0. The van der Waals surface area contributed by atoms with Crippen LogP contribution in [-0.4, -0.2) is 60.6 Å². The first-order valence-electron chi connectivity index (χ1n) is 7.77. The van der Waals surface area contributed by atoms with Gasteiger partial charge in [-0.1, -0.05) is 5.16 Å². The van der Waals surface area contributed by atoms with Crippen LogP contribution in [0.5, 0.6) is 0 Å². The van der Waals surface area contributed by atoms with Gasteiger partial charge in [0, 0.05) is 38.2 Å². The molecule has 1 aliphatic carbocycles. The molecule has 0 atom stereocenters. The van der Waals surface area contributed by atoms with Gasteiger partial charge in [0.15, 0.2) is 5.69 Å². The molecule has 22 heavy (non-hydrogen) atoms. The number of rotatable bonds is 3. The molecule has 0 spiro atoms. The quantitative estimate of drug-likeness (QED) is 0.814. The lowest BCUT2D eigenvalue weighted by atomic mass is 9.96. The van der Waals surface area contributed by atoms with Crippen LogP contribution in [-0.2, 0) is 22.9 Å². The number of aromatic nitrogens is 1. The summed E-state index contributed by atoms with van der Waals surface area (Å²) in [4.78, 5) is 14.3. The maximum absolute atomic E-state index is 12.6. The van der Waals surface area contributed by atoms with E-state index in [2.05, 4.69) is 5.16 Å². The van der Waals surface area contributed by atoms with Gasteiger partial charge in [-0.2, -0.15) is 4.31 Å².